The lowest BCUT2D eigenvalue weighted by atomic mass is 9.99. The molecule has 1 saturated heterocycles. The lowest BCUT2D eigenvalue weighted by molar-refractivity contribution is 0.101. The lowest BCUT2D eigenvalue weighted by Crippen LogP contribution is -2.56. The highest BCUT2D eigenvalue weighted by atomic mass is 15.3. The molecule has 1 aromatic heterocycles. The van der Waals surface area contributed by atoms with Gasteiger partial charge in [0.05, 0.1) is 0 Å². The third-order valence-corrected chi connectivity index (χ3v) is 4.99. The van der Waals surface area contributed by atoms with E-state index in [2.05, 4.69) is 48.5 Å². The van der Waals surface area contributed by atoms with E-state index < -0.39 is 0 Å². The Morgan fingerprint density at radius 1 is 1.18 bits per heavy atom. The zero-order chi connectivity index (χ0) is 15.9. The number of aryl methyl sites for hydroxylation is 1. The van der Waals surface area contributed by atoms with Gasteiger partial charge in [0, 0.05) is 37.9 Å². The second-order valence-electron chi connectivity index (χ2n) is 6.62. The molecule has 22 heavy (non-hydrogen) atoms. The van der Waals surface area contributed by atoms with Gasteiger partial charge in [-0.05, 0) is 37.8 Å². The monoisotopic (exact) mass is 303 g/mol. The van der Waals surface area contributed by atoms with E-state index >= 15 is 0 Å². The summed E-state index contributed by atoms with van der Waals surface area (Å²) in [5.41, 5.74) is 1.30. The normalized spacial score (nSPS) is 19.9. The number of piperazine rings is 1. The van der Waals surface area contributed by atoms with Gasteiger partial charge >= 0.3 is 0 Å². The van der Waals surface area contributed by atoms with Crippen LogP contribution in [0.4, 0.5) is 5.82 Å². The SMILES string of the molecule is CCCC(CCC)N1CCN(c2ncccc2C)CC1CC. The Bertz CT molecular complexity index is 440. The van der Waals surface area contributed by atoms with Crippen LogP contribution in [0.3, 0.4) is 0 Å². The van der Waals surface area contributed by atoms with E-state index in [0.717, 1.165) is 19.1 Å². The van der Waals surface area contributed by atoms with Crippen molar-refractivity contribution in [3.05, 3.63) is 23.9 Å². The first-order valence-electron chi connectivity index (χ1n) is 9.13. The molecule has 1 aromatic rings. The van der Waals surface area contributed by atoms with Crippen molar-refractivity contribution in [2.24, 2.45) is 0 Å². The molecule has 0 spiro atoms. The van der Waals surface area contributed by atoms with E-state index in [1.54, 1.807) is 0 Å². The van der Waals surface area contributed by atoms with E-state index in [1.165, 1.54) is 50.0 Å². The van der Waals surface area contributed by atoms with Crippen LogP contribution in [0.15, 0.2) is 18.3 Å². The molecule has 2 heterocycles. The van der Waals surface area contributed by atoms with E-state index in [9.17, 15) is 0 Å². The Morgan fingerprint density at radius 3 is 2.50 bits per heavy atom. The number of hydrogen-bond donors (Lipinski definition) is 0. The first-order valence-corrected chi connectivity index (χ1v) is 9.13. The minimum absolute atomic E-state index is 0.665. The molecule has 3 nitrogen and oxygen atoms in total. The molecule has 0 saturated carbocycles. The van der Waals surface area contributed by atoms with Gasteiger partial charge in [-0.1, -0.05) is 39.7 Å². The second kappa shape index (κ2) is 8.52. The van der Waals surface area contributed by atoms with Gasteiger partial charge in [-0.25, -0.2) is 4.98 Å². The number of nitrogens with zero attached hydrogens (tertiary/aromatic N) is 3. The molecule has 1 aliphatic rings. The molecular weight excluding hydrogens is 270 g/mol. The molecule has 1 atom stereocenters. The predicted molar refractivity (Wildman–Crippen MR) is 95.6 cm³/mol. The van der Waals surface area contributed by atoms with Crippen LogP contribution in [0.1, 0.15) is 58.4 Å². The fraction of sp³-hybridized carbons (Fsp3) is 0.737. The zero-order valence-electron chi connectivity index (χ0n) is 14.9. The van der Waals surface area contributed by atoms with E-state index in [0.29, 0.717) is 6.04 Å². The fourth-order valence-electron chi connectivity index (χ4n) is 3.86. The topological polar surface area (TPSA) is 19.4 Å². The van der Waals surface area contributed by atoms with Crippen molar-refractivity contribution in [3.63, 3.8) is 0 Å². The fourth-order valence-corrected chi connectivity index (χ4v) is 3.86. The predicted octanol–water partition coefficient (Wildman–Crippen LogP) is 4.26. The Balaban J connectivity index is 2.09. The number of anilines is 1. The highest BCUT2D eigenvalue weighted by molar-refractivity contribution is 5.46. The molecule has 2 rings (SSSR count). The van der Waals surface area contributed by atoms with Crippen molar-refractivity contribution >= 4 is 5.82 Å². The van der Waals surface area contributed by atoms with Crippen LogP contribution in [-0.2, 0) is 0 Å². The highest BCUT2D eigenvalue weighted by Gasteiger charge is 2.31. The van der Waals surface area contributed by atoms with Gasteiger partial charge in [-0.3, -0.25) is 4.90 Å². The van der Waals surface area contributed by atoms with Gasteiger partial charge in [0.2, 0.25) is 0 Å². The highest BCUT2D eigenvalue weighted by Crippen LogP contribution is 2.25. The second-order valence-corrected chi connectivity index (χ2v) is 6.62. The van der Waals surface area contributed by atoms with Crippen molar-refractivity contribution in [2.75, 3.05) is 24.5 Å². The molecule has 1 unspecified atom stereocenters. The van der Waals surface area contributed by atoms with Gasteiger partial charge in [0.25, 0.3) is 0 Å². The molecule has 124 valence electrons. The average Bonchev–Trinajstić information content (AvgIpc) is 2.54. The lowest BCUT2D eigenvalue weighted by Gasteiger charge is -2.46. The minimum Gasteiger partial charge on any atom is -0.354 e. The molecule has 0 N–H and O–H groups in total. The summed E-state index contributed by atoms with van der Waals surface area (Å²) in [7, 11) is 0. The van der Waals surface area contributed by atoms with Gasteiger partial charge < -0.3 is 4.90 Å². The van der Waals surface area contributed by atoms with Crippen LogP contribution in [0.2, 0.25) is 0 Å². The van der Waals surface area contributed by atoms with E-state index in [1.807, 2.05) is 12.3 Å². The third kappa shape index (κ3) is 4.01. The van der Waals surface area contributed by atoms with Crippen LogP contribution in [0.5, 0.6) is 0 Å². The molecule has 0 aliphatic carbocycles. The van der Waals surface area contributed by atoms with Gasteiger partial charge in [0.1, 0.15) is 5.82 Å². The van der Waals surface area contributed by atoms with Crippen LogP contribution in [0, 0.1) is 6.92 Å². The van der Waals surface area contributed by atoms with Gasteiger partial charge in [-0.2, -0.15) is 0 Å². The molecule has 0 radical (unpaired) electrons. The largest absolute Gasteiger partial charge is 0.354 e. The molecule has 1 aliphatic heterocycles. The third-order valence-electron chi connectivity index (χ3n) is 4.99. The maximum atomic E-state index is 4.62. The number of rotatable bonds is 7. The smallest absolute Gasteiger partial charge is 0.131 e. The van der Waals surface area contributed by atoms with Crippen LogP contribution < -0.4 is 4.90 Å². The first-order chi connectivity index (χ1) is 10.7. The van der Waals surface area contributed by atoms with Crippen molar-refractivity contribution in [1.82, 2.24) is 9.88 Å². The number of pyridine rings is 1. The standard InChI is InChI=1S/C19H33N3/c1-5-9-18(10-6-2)22-14-13-21(15-17(22)7-3)19-16(4)11-8-12-20-19/h8,11-12,17-18H,5-7,9-10,13-15H2,1-4H3. The maximum Gasteiger partial charge on any atom is 0.131 e. The summed E-state index contributed by atoms with van der Waals surface area (Å²) < 4.78 is 0. The first kappa shape index (κ1) is 17.3. The molecule has 1 fully saturated rings. The summed E-state index contributed by atoms with van der Waals surface area (Å²) in [5, 5.41) is 0. The Kier molecular flexibility index (Phi) is 6.69. The molecule has 0 bridgehead atoms. The molecule has 0 amide bonds. The van der Waals surface area contributed by atoms with Crippen LogP contribution >= 0.6 is 0 Å². The molecule has 3 heteroatoms. The van der Waals surface area contributed by atoms with Gasteiger partial charge in [0.15, 0.2) is 0 Å². The average molecular weight is 303 g/mol. The summed E-state index contributed by atoms with van der Waals surface area (Å²) in [6.07, 6.45) is 8.42. The summed E-state index contributed by atoms with van der Waals surface area (Å²) in [6.45, 7) is 12.6. The Labute approximate surface area is 136 Å². The molecule has 0 aromatic carbocycles. The summed E-state index contributed by atoms with van der Waals surface area (Å²) in [4.78, 5) is 9.91. The van der Waals surface area contributed by atoms with Crippen LogP contribution in [-0.4, -0.2) is 41.6 Å². The Morgan fingerprint density at radius 2 is 1.91 bits per heavy atom. The minimum atomic E-state index is 0.665. The van der Waals surface area contributed by atoms with Crippen molar-refractivity contribution in [2.45, 2.75) is 71.9 Å². The number of aromatic nitrogens is 1. The Hall–Kier alpha value is -1.09. The summed E-state index contributed by atoms with van der Waals surface area (Å²) in [6, 6.07) is 5.64. The summed E-state index contributed by atoms with van der Waals surface area (Å²) >= 11 is 0. The molecular formula is C19H33N3. The number of hydrogen-bond acceptors (Lipinski definition) is 3. The quantitative estimate of drug-likeness (QED) is 0.750. The van der Waals surface area contributed by atoms with Gasteiger partial charge in [-0.15, -0.1) is 0 Å². The summed E-state index contributed by atoms with van der Waals surface area (Å²) in [5.74, 6) is 1.18. The zero-order valence-corrected chi connectivity index (χ0v) is 14.9. The van der Waals surface area contributed by atoms with Crippen molar-refractivity contribution in [1.29, 1.82) is 0 Å². The maximum absolute atomic E-state index is 4.62. The van der Waals surface area contributed by atoms with E-state index in [4.69, 9.17) is 0 Å². The van der Waals surface area contributed by atoms with Crippen molar-refractivity contribution < 1.29 is 0 Å². The van der Waals surface area contributed by atoms with Crippen LogP contribution in [0.25, 0.3) is 0 Å². The van der Waals surface area contributed by atoms with E-state index in [-0.39, 0.29) is 0 Å². The van der Waals surface area contributed by atoms with Crippen molar-refractivity contribution in [3.8, 4) is 0 Å².